The van der Waals surface area contributed by atoms with Gasteiger partial charge < -0.3 is 10.6 Å². The lowest BCUT2D eigenvalue weighted by molar-refractivity contribution is -0.119. The molecule has 4 heteroatoms. The van der Waals surface area contributed by atoms with E-state index in [0.717, 1.165) is 18.5 Å². The number of carbonyl (C=O) groups is 1. The van der Waals surface area contributed by atoms with Gasteiger partial charge in [-0.1, -0.05) is 12.1 Å². The highest BCUT2D eigenvalue weighted by Gasteiger charge is 2.19. The van der Waals surface area contributed by atoms with Crippen molar-refractivity contribution in [3.05, 3.63) is 35.1 Å². The quantitative estimate of drug-likeness (QED) is 0.832. The largest absolute Gasteiger partial charge is 0.352 e. The fourth-order valence-electron chi connectivity index (χ4n) is 1.97. The highest BCUT2D eigenvalue weighted by molar-refractivity contribution is 5.78. The molecule has 0 saturated carbocycles. The maximum atomic E-state index is 13.3. The van der Waals surface area contributed by atoms with E-state index in [0.29, 0.717) is 18.5 Å². The maximum absolute atomic E-state index is 13.3. The Kier molecular flexibility index (Phi) is 3.74. The predicted octanol–water partition coefficient (Wildman–Crippen LogP) is 1.50. The Labute approximate surface area is 100 Å². The van der Waals surface area contributed by atoms with E-state index >= 15 is 0 Å². The smallest absolute Gasteiger partial charge is 0.220 e. The van der Waals surface area contributed by atoms with Crippen molar-refractivity contribution in [2.24, 2.45) is 0 Å². The molecule has 3 nitrogen and oxygen atoms in total. The van der Waals surface area contributed by atoms with Gasteiger partial charge in [-0.25, -0.2) is 4.39 Å². The summed E-state index contributed by atoms with van der Waals surface area (Å²) in [6, 6.07) is 5.47. The molecule has 92 valence electrons. The van der Waals surface area contributed by atoms with Gasteiger partial charge in [0.15, 0.2) is 0 Å². The molecule has 0 radical (unpaired) electrons. The third kappa shape index (κ3) is 3.27. The Morgan fingerprint density at radius 3 is 3.00 bits per heavy atom. The second kappa shape index (κ2) is 5.27. The lowest BCUT2D eigenvalue weighted by atomic mass is 10.1. The number of carbonyl (C=O) groups excluding carboxylic acids is 1. The van der Waals surface area contributed by atoms with E-state index in [-0.39, 0.29) is 17.8 Å². The Hall–Kier alpha value is -1.42. The standard InChI is InChI=1S/C13H17FN2O/c1-9-2-3-10(6-12(9)14)7-15-8-11-4-5-13(17)16-11/h2-3,6,11,15H,4-5,7-8H2,1H3,(H,16,17). The van der Waals surface area contributed by atoms with Gasteiger partial charge in [0.2, 0.25) is 5.91 Å². The zero-order chi connectivity index (χ0) is 12.3. The number of halogens is 1. The van der Waals surface area contributed by atoms with Crippen molar-refractivity contribution in [1.29, 1.82) is 0 Å². The topological polar surface area (TPSA) is 41.1 Å². The molecule has 17 heavy (non-hydrogen) atoms. The first-order chi connectivity index (χ1) is 8.15. The first-order valence-electron chi connectivity index (χ1n) is 5.90. The summed E-state index contributed by atoms with van der Waals surface area (Å²) in [6.45, 7) is 3.12. The number of aryl methyl sites for hydroxylation is 1. The van der Waals surface area contributed by atoms with Gasteiger partial charge in [0.1, 0.15) is 5.82 Å². The van der Waals surface area contributed by atoms with E-state index in [1.807, 2.05) is 6.07 Å². The zero-order valence-electron chi connectivity index (χ0n) is 9.92. The van der Waals surface area contributed by atoms with Gasteiger partial charge in [0.05, 0.1) is 0 Å². The number of amides is 1. The van der Waals surface area contributed by atoms with Crippen molar-refractivity contribution in [2.45, 2.75) is 32.4 Å². The monoisotopic (exact) mass is 236 g/mol. The number of nitrogens with one attached hydrogen (secondary N) is 2. The molecule has 1 aromatic rings. The van der Waals surface area contributed by atoms with Crippen LogP contribution in [0.5, 0.6) is 0 Å². The summed E-state index contributed by atoms with van der Waals surface area (Å²) < 4.78 is 13.3. The van der Waals surface area contributed by atoms with Gasteiger partial charge in [-0.2, -0.15) is 0 Å². The molecular formula is C13H17FN2O. The van der Waals surface area contributed by atoms with Crippen LogP contribution in [0.2, 0.25) is 0 Å². The molecule has 0 aliphatic carbocycles. The van der Waals surface area contributed by atoms with Crippen molar-refractivity contribution in [1.82, 2.24) is 10.6 Å². The highest BCUT2D eigenvalue weighted by Crippen LogP contribution is 2.09. The molecule has 1 heterocycles. The molecule has 0 bridgehead atoms. The summed E-state index contributed by atoms with van der Waals surface area (Å²) in [5.74, 6) is -0.0448. The SMILES string of the molecule is Cc1ccc(CNCC2CCC(=O)N2)cc1F. The van der Waals surface area contributed by atoms with Crippen LogP contribution in [-0.2, 0) is 11.3 Å². The van der Waals surface area contributed by atoms with Crippen molar-refractivity contribution in [3.63, 3.8) is 0 Å². The molecule has 1 aliphatic heterocycles. The Balaban J connectivity index is 1.78. The van der Waals surface area contributed by atoms with Gasteiger partial charge in [-0.15, -0.1) is 0 Å². The first-order valence-corrected chi connectivity index (χ1v) is 5.90. The van der Waals surface area contributed by atoms with Crippen LogP contribution in [0.25, 0.3) is 0 Å². The predicted molar refractivity (Wildman–Crippen MR) is 64.0 cm³/mol. The zero-order valence-corrected chi connectivity index (χ0v) is 9.92. The van der Waals surface area contributed by atoms with Crippen LogP contribution in [0.15, 0.2) is 18.2 Å². The van der Waals surface area contributed by atoms with Gasteiger partial charge in [0.25, 0.3) is 0 Å². The summed E-state index contributed by atoms with van der Waals surface area (Å²) in [4.78, 5) is 11.0. The van der Waals surface area contributed by atoms with Crippen LogP contribution in [0.1, 0.15) is 24.0 Å². The minimum absolute atomic E-state index is 0.123. The molecule has 1 saturated heterocycles. The van der Waals surface area contributed by atoms with E-state index < -0.39 is 0 Å². The summed E-state index contributed by atoms with van der Waals surface area (Å²) in [5, 5.41) is 6.11. The van der Waals surface area contributed by atoms with Crippen LogP contribution in [-0.4, -0.2) is 18.5 Å². The highest BCUT2D eigenvalue weighted by atomic mass is 19.1. The fraction of sp³-hybridized carbons (Fsp3) is 0.462. The Bertz CT molecular complexity index is 420. The molecule has 1 fully saturated rings. The third-order valence-electron chi connectivity index (χ3n) is 3.04. The molecular weight excluding hydrogens is 219 g/mol. The van der Waals surface area contributed by atoms with Gasteiger partial charge >= 0.3 is 0 Å². The molecule has 1 aliphatic rings. The first kappa shape index (κ1) is 12.0. The minimum atomic E-state index is -0.168. The van der Waals surface area contributed by atoms with Crippen molar-refractivity contribution < 1.29 is 9.18 Å². The number of hydrogen-bond acceptors (Lipinski definition) is 2. The van der Waals surface area contributed by atoms with E-state index in [1.54, 1.807) is 19.1 Å². The summed E-state index contributed by atoms with van der Waals surface area (Å²) in [7, 11) is 0. The van der Waals surface area contributed by atoms with Gasteiger partial charge in [-0.05, 0) is 30.5 Å². The molecule has 0 aromatic heterocycles. The molecule has 1 atom stereocenters. The molecule has 2 rings (SSSR count). The van der Waals surface area contributed by atoms with Crippen LogP contribution in [0.4, 0.5) is 4.39 Å². The molecule has 1 amide bonds. The molecule has 2 N–H and O–H groups in total. The van der Waals surface area contributed by atoms with Crippen LogP contribution >= 0.6 is 0 Å². The normalized spacial score (nSPS) is 19.4. The van der Waals surface area contributed by atoms with Crippen LogP contribution < -0.4 is 10.6 Å². The molecule has 1 aromatic carbocycles. The number of benzene rings is 1. The number of rotatable bonds is 4. The van der Waals surface area contributed by atoms with Crippen LogP contribution in [0, 0.1) is 12.7 Å². The average molecular weight is 236 g/mol. The lowest BCUT2D eigenvalue weighted by Gasteiger charge is -2.11. The van der Waals surface area contributed by atoms with E-state index in [1.165, 1.54) is 0 Å². The van der Waals surface area contributed by atoms with Crippen molar-refractivity contribution in [2.75, 3.05) is 6.54 Å². The van der Waals surface area contributed by atoms with Crippen molar-refractivity contribution >= 4 is 5.91 Å². The van der Waals surface area contributed by atoms with Gasteiger partial charge in [-0.3, -0.25) is 4.79 Å². The summed E-state index contributed by atoms with van der Waals surface area (Å²) in [5.41, 5.74) is 1.59. The van der Waals surface area contributed by atoms with E-state index in [4.69, 9.17) is 0 Å². The number of hydrogen-bond donors (Lipinski definition) is 2. The summed E-state index contributed by atoms with van der Waals surface area (Å²) in [6.07, 6.45) is 1.50. The third-order valence-corrected chi connectivity index (χ3v) is 3.04. The Morgan fingerprint density at radius 1 is 1.53 bits per heavy atom. The second-order valence-corrected chi connectivity index (χ2v) is 4.52. The van der Waals surface area contributed by atoms with E-state index in [2.05, 4.69) is 10.6 Å². The second-order valence-electron chi connectivity index (χ2n) is 4.52. The fourth-order valence-corrected chi connectivity index (χ4v) is 1.97. The summed E-state index contributed by atoms with van der Waals surface area (Å²) >= 11 is 0. The van der Waals surface area contributed by atoms with Crippen LogP contribution in [0.3, 0.4) is 0 Å². The molecule has 0 spiro atoms. The maximum Gasteiger partial charge on any atom is 0.220 e. The van der Waals surface area contributed by atoms with Gasteiger partial charge in [0, 0.05) is 25.6 Å². The Morgan fingerprint density at radius 2 is 2.35 bits per heavy atom. The molecule has 1 unspecified atom stereocenters. The lowest BCUT2D eigenvalue weighted by Crippen LogP contribution is -2.35. The average Bonchev–Trinajstić information content (AvgIpc) is 2.70. The van der Waals surface area contributed by atoms with Crippen molar-refractivity contribution in [3.8, 4) is 0 Å². The minimum Gasteiger partial charge on any atom is -0.352 e. The van der Waals surface area contributed by atoms with E-state index in [9.17, 15) is 9.18 Å².